The standard InChI is InChI=1S/C15H24O2/c1-11(2)14(16)15(12(3)4)17-10-13-8-6-5-7-9-13/h5-9,11-12,14-16H,10H2,1-4H3/t14-,15+/m1/s1. The quantitative estimate of drug-likeness (QED) is 0.821. The monoisotopic (exact) mass is 236 g/mol. The predicted octanol–water partition coefficient (Wildman–Crippen LogP) is 3.24. The van der Waals surface area contributed by atoms with Gasteiger partial charge < -0.3 is 9.84 Å². The number of hydrogen-bond donors (Lipinski definition) is 1. The number of aliphatic hydroxyl groups excluding tert-OH is 1. The van der Waals surface area contributed by atoms with Crippen LogP contribution >= 0.6 is 0 Å². The maximum absolute atomic E-state index is 10.1. The average molecular weight is 236 g/mol. The van der Waals surface area contributed by atoms with E-state index >= 15 is 0 Å². The molecule has 0 amide bonds. The summed E-state index contributed by atoms with van der Waals surface area (Å²) in [5, 5.41) is 10.1. The second-order valence-corrected chi connectivity index (χ2v) is 5.24. The van der Waals surface area contributed by atoms with Gasteiger partial charge in [0.15, 0.2) is 0 Å². The van der Waals surface area contributed by atoms with Gasteiger partial charge in [-0.15, -0.1) is 0 Å². The van der Waals surface area contributed by atoms with Crippen molar-refractivity contribution in [2.24, 2.45) is 11.8 Å². The third-order valence-corrected chi connectivity index (χ3v) is 2.96. The fourth-order valence-corrected chi connectivity index (χ4v) is 1.83. The lowest BCUT2D eigenvalue weighted by molar-refractivity contribution is -0.0853. The summed E-state index contributed by atoms with van der Waals surface area (Å²) in [5.74, 6) is 0.536. The third-order valence-electron chi connectivity index (χ3n) is 2.96. The Morgan fingerprint density at radius 3 is 2.06 bits per heavy atom. The smallest absolute Gasteiger partial charge is 0.0863 e. The maximum atomic E-state index is 10.1. The molecule has 0 radical (unpaired) electrons. The highest BCUT2D eigenvalue weighted by molar-refractivity contribution is 5.13. The molecule has 0 aliphatic rings. The SMILES string of the molecule is CC(C)[C@@H](O)[C@@H](OCc1ccccc1)C(C)C. The summed E-state index contributed by atoms with van der Waals surface area (Å²) in [4.78, 5) is 0. The summed E-state index contributed by atoms with van der Waals surface area (Å²) >= 11 is 0. The predicted molar refractivity (Wildman–Crippen MR) is 70.7 cm³/mol. The van der Waals surface area contributed by atoms with Gasteiger partial charge in [-0.1, -0.05) is 58.0 Å². The van der Waals surface area contributed by atoms with Crippen molar-refractivity contribution in [2.75, 3.05) is 0 Å². The maximum Gasteiger partial charge on any atom is 0.0863 e. The first-order valence-electron chi connectivity index (χ1n) is 6.36. The van der Waals surface area contributed by atoms with Crippen molar-refractivity contribution in [3.05, 3.63) is 35.9 Å². The van der Waals surface area contributed by atoms with E-state index in [0.717, 1.165) is 5.56 Å². The summed E-state index contributed by atoms with van der Waals surface area (Å²) in [6.07, 6.45) is -0.506. The molecule has 17 heavy (non-hydrogen) atoms. The molecule has 2 heteroatoms. The van der Waals surface area contributed by atoms with Crippen LogP contribution in [0, 0.1) is 11.8 Å². The zero-order valence-electron chi connectivity index (χ0n) is 11.3. The topological polar surface area (TPSA) is 29.5 Å². The fraction of sp³-hybridized carbons (Fsp3) is 0.600. The van der Waals surface area contributed by atoms with Crippen molar-refractivity contribution in [2.45, 2.75) is 46.5 Å². The lowest BCUT2D eigenvalue weighted by Crippen LogP contribution is -2.37. The second-order valence-electron chi connectivity index (χ2n) is 5.24. The van der Waals surface area contributed by atoms with Gasteiger partial charge in [0.2, 0.25) is 0 Å². The van der Waals surface area contributed by atoms with Gasteiger partial charge in [-0.3, -0.25) is 0 Å². The number of rotatable bonds is 6. The minimum Gasteiger partial charge on any atom is -0.390 e. The Balaban J connectivity index is 2.56. The van der Waals surface area contributed by atoms with Crippen LogP contribution in [0.25, 0.3) is 0 Å². The van der Waals surface area contributed by atoms with Crippen LogP contribution in [0.1, 0.15) is 33.3 Å². The lowest BCUT2D eigenvalue weighted by Gasteiger charge is -2.29. The van der Waals surface area contributed by atoms with Crippen LogP contribution in [0.3, 0.4) is 0 Å². The summed E-state index contributed by atoms with van der Waals surface area (Å²) in [6, 6.07) is 10.1. The Labute approximate surface area is 105 Å². The Bertz CT molecular complexity index is 306. The van der Waals surface area contributed by atoms with Crippen LogP contribution in [-0.4, -0.2) is 17.3 Å². The first kappa shape index (κ1) is 14.2. The normalized spacial score (nSPS) is 15.2. The molecule has 1 N–H and O–H groups in total. The van der Waals surface area contributed by atoms with Crippen LogP contribution in [0.4, 0.5) is 0 Å². The van der Waals surface area contributed by atoms with E-state index in [1.54, 1.807) is 0 Å². The van der Waals surface area contributed by atoms with Gasteiger partial charge in [0.05, 0.1) is 18.8 Å². The highest BCUT2D eigenvalue weighted by atomic mass is 16.5. The van der Waals surface area contributed by atoms with E-state index in [1.807, 2.05) is 44.2 Å². The number of hydrogen-bond acceptors (Lipinski definition) is 2. The van der Waals surface area contributed by atoms with E-state index in [2.05, 4.69) is 13.8 Å². The molecule has 0 unspecified atom stereocenters. The summed E-state index contributed by atoms with van der Waals surface area (Å²) in [7, 11) is 0. The number of aliphatic hydroxyl groups is 1. The molecular weight excluding hydrogens is 212 g/mol. The number of ether oxygens (including phenoxy) is 1. The molecule has 96 valence electrons. The van der Waals surface area contributed by atoms with Crippen LogP contribution in [0.2, 0.25) is 0 Å². The van der Waals surface area contributed by atoms with E-state index in [-0.39, 0.29) is 12.0 Å². The van der Waals surface area contributed by atoms with E-state index in [4.69, 9.17) is 4.74 Å². The zero-order chi connectivity index (χ0) is 12.8. The molecular formula is C15H24O2. The Morgan fingerprint density at radius 2 is 1.59 bits per heavy atom. The fourth-order valence-electron chi connectivity index (χ4n) is 1.83. The van der Waals surface area contributed by atoms with Gasteiger partial charge in [-0.2, -0.15) is 0 Å². The molecule has 1 aromatic rings. The molecule has 0 heterocycles. The Kier molecular flexibility index (Phi) is 5.66. The molecule has 0 aromatic heterocycles. The zero-order valence-corrected chi connectivity index (χ0v) is 11.3. The van der Waals surface area contributed by atoms with E-state index in [0.29, 0.717) is 12.5 Å². The first-order chi connectivity index (χ1) is 8.02. The minimum atomic E-state index is -0.404. The lowest BCUT2D eigenvalue weighted by atomic mass is 9.94. The third kappa shape index (κ3) is 4.49. The van der Waals surface area contributed by atoms with Crippen molar-refractivity contribution in [3.8, 4) is 0 Å². The first-order valence-corrected chi connectivity index (χ1v) is 6.36. The molecule has 1 rings (SSSR count). The van der Waals surface area contributed by atoms with Gasteiger partial charge in [0, 0.05) is 0 Å². The molecule has 0 saturated heterocycles. The van der Waals surface area contributed by atoms with E-state index in [1.165, 1.54) is 0 Å². The molecule has 2 nitrogen and oxygen atoms in total. The van der Waals surface area contributed by atoms with Crippen LogP contribution in [0.15, 0.2) is 30.3 Å². The molecule has 0 fully saturated rings. The van der Waals surface area contributed by atoms with Gasteiger partial charge in [-0.25, -0.2) is 0 Å². The average Bonchev–Trinajstić information content (AvgIpc) is 2.29. The van der Waals surface area contributed by atoms with Gasteiger partial charge in [0.1, 0.15) is 0 Å². The molecule has 0 aliphatic heterocycles. The highest BCUT2D eigenvalue weighted by Gasteiger charge is 2.25. The van der Waals surface area contributed by atoms with Gasteiger partial charge >= 0.3 is 0 Å². The van der Waals surface area contributed by atoms with Crippen LogP contribution in [0.5, 0.6) is 0 Å². The molecule has 0 bridgehead atoms. The van der Waals surface area contributed by atoms with Gasteiger partial charge in [-0.05, 0) is 17.4 Å². The summed E-state index contributed by atoms with van der Waals surface area (Å²) in [6.45, 7) is 8.77. The van der Waals surface area contributed by atoms with Crippen LogP contribution < -0.4 is 0 Å². The Hall–Kier alpha value is -0.860. The van der Waals surface area contributed by atoms with E-state index in [9.17, 15) is 5.11 Å². The largest absolute Gasteiger partial charge is 0.390 e. The van der Waals surface area contributed by atoms with Gasteiger partial charge in [0.25, 0.3) is 0 Å². The molecule has 0 spiro atoms. The summed E-state index contributed by atoms with van der Waals surface area (Å²) < 4.78 is 5.86. The van der Waals surface area contributed by atoms with Crippen molar-refractivity contribution in [3.63, 3.8) is 0 Å². The van der Waals surface area contributed by atoms with Crippen molar-refractivity contribution in [1.82, 2.24) is 0 Å². The van der Waals surface area contributed by atoms with Crippen LogP contribution in [-0.2, 0) is 11.3 Å². The molecule has 2 atom stereocenters. The highest BCUT2D eigenvalue weighted by Crippen LogP contribution is 2.19. The number of benzene rings is 1. The minimum absolute atomic E-state index is 0.102. The molecule has 0 aliphatic carbocycles. The van der Waals surface area contributed by atoms with Crippen molar-refractivity contribution < 1.29 is 9.84 Å². The summed E-state index contributed by atoms with van der Waals surface area (Å²) in [5.41, 5.74) is 1.15. The second kappa shape index (κ2) is 6.77. The van der Waals surface area contributed by atoms with Crippen molar-refractivity contribution >= 4 is 0 Å². The molecule has 1 aromatic carbocycles. The van der Waals surface area contributed by atoms with Crippen molar-refractivity contribution in [1.29, 1.82) is 0 Å². The Morgan fingerprint density at radius 1 is 1.00 bits per heavy atom. The van der Waals surface area contributed by atoms with E-state index < -0.39 is 6.10 Å². The molecule has 0 saturated carbocycles.